The molecule has 2 atom stereocenters. The third-order valence-electron chi connectivity index (χ3n) is 4.52. The van der Waals surface area contributed by atoms with Crippen LogP contribution in [0.5, 0.6) is 0 Å². The fraction of sp³-hybridized carbons (Fsp3) is 0.400. The summed E-state index contributed by atoms with van der Waals surface area (Å²) in [5.74, 6) is -0.108. The van der Waals surface area contributed by atoms with Crippen LogP contribution in [0.2, 0.25) is 0 Å². The van der Waals surface area contributed by atoms with Crippen LogP contribution in [0.1, 0.15) is 28.5 Å². The summed E-state index contributed by atoms with van der Waals surface area (Å²) in [5.41, 5.74) is 2.77. The number of hydrogen-bond donors (Lipinski definition) is 1. The normalized spacial score (nSPS) is 19.4. The van der Waals surface area contributed by atoms with Crippen LogP contribution in [-0.2, 0) is 11.3 Å². The molecule has 0 spiro atoms. The number of nitrogens with zero attached hydrogens (tertiary/aromatic N) is 2. The van der Waals surface area contributed by atoms with Crippen LogP contribution in [0, 0.1) is 6.92 Å². The molecule has 0 aliphatic carbocycles. The van der Waals surface area contributed by atoms with Crippen LogP contribution < -0.4 is 5.32 Å². The number of rotatable bonds is 5. The minimum atomic E-state index is -0.108. The monoisotopic (exact) mass is 339 g/mol. The second-order valence-electron chi connectivity index (χ2n) is 6.58. The van der Waals surface area contributed by atoms with Gasteiger partial charge in [-0.2, -0.15) is 0 Å². The molecule has 25 heavy (non-hydrogen) atoms. The van der Waals surface area contributed by atoms with E-state index in [4.69, 9.17) is 4.74 Å². The van der Waals surface area contributed by atoms with E-state index in [2.05, 4.69) is 39.5 Å². The van der Waals surface area contributed by atoms with E-state index in [-0.39, 0.29) is 18.1 Å². The van der Waals surface area contributed by atoms with Crippen LogP contribution >= 0.6 is 0 Å². The largest absolute Gasteiger partial charge is 0.373 e. The first kappa shape index (κ1) is 17.6. The summed E-state index contributed by atoms with van der Waals surface area (Å²) in [6.07, 6.45) is 1.60. The third-order valence-corrected chi connectivity index (χ3v) is 4.52. The van der Waals surface area contributed by atoms with Crippen molar-refractivity contribution in [1.82, 2.24) is 15.2 Å². The molecule has 2 heterocycles. The number of aromatic nitrogens is 1. The molecular formula is C20H25N3O2. The Hall–Kier alpha value is -2.24. The lowest BCUT2D eigenvalue weighted by atomic mass is 10.1. The van der Waals surface area contributed by atoms with Crippen molar-refractivity contribution in [2.24, 2.45) is 0 Å². The first-order chi connectivity index (χ1) is 12.1. The second kappa shape index (κ2) is 8.23. The van der Waals surface area contributed by atoms with Crippen molar-refractivity contribution in [3.05, 3.63) is 65.5 Å². The van der Waals surface area contributed by atoms with E-state index in [1.54, 1.807) is 12.3 Å². The predicted molar refractivity (Wildman–Crippen MR) is 97.4 cm³/mol. The van der Waals surface area contributed by atoms with Gasteiger partial charge in [-0.25, -0.2) is 0 Å². The molecule has 0 bridgehead atoms. The van der Waals surface area contributed by atoms with Gasteiger partial charge in [-0.1, -0.05) is 30.3 Å². The van der Waals surface area contributed by atoms with E-state index >= 15 is 0 Å². The zero-order chi connectivity index (χ0) is 17.6. The van der Waals surface area contributed by atoms with Crippen LogP contribution in [0.4, 0.5) is 0 Å². The maximum atomic E-state index is 12.4. The van der Waals surface area contributed by atoms with Gasteiger partial charge in [0.25, 0.3) is 5.91 Å². The Labute approximate surface area is 149 Å². The lowest BCUT2D eigenvalue weighted by Gasteiger charge is -2.36. The maximum absolute atomic E-state index is 12.4. The first-order valence-corrected chi connectivity index (χ1v) is 8.73. The van der Waals surface area contributed by atoms with Gasteiger partial charge in [-0.05, 0) is 31.5 Å². The summed E-state index contributed by atoms with van der Waals surface area (Å²) in [6, 6.07) is 14.0. The molecule has 2 aromatic rings. The van der Waals surface area contributed by atoms with Gasteiger partial charge in [-0.3, -0.25) is 14.7 Å². The van der Waals surface area contributed by atoms with E-state index in [0.717, 1.165) is 25.3 Å². The molecule has 132 valence electrons. The van der Waals surface area contributed by atoms with E-state index in [1.165, 1.54) is 5.56 Å². The lowest BCUT2D eigenvalue weighted by molar-refractivity contribution is -0.0449. The number of carbonyl (C=O) groups is 1. The van der Waals surface area contributed by atoms with Gasteiger partial charge < -0.3 is 10.1 Å². The molecule has 1 aromatic heterocycles. The van der Waals surface area contributed by atoms with Gasteiger partial charge in [0.05, 0.1) is 24.3 Å². The number of nitrogens with one attached hydrogen (secondary N) is 1. The standard InChI is InChI=1S/C20H25N3O2/c1-15-8-9-18(12-21-15)20(24)22-16(2)19-14-23(10-11-25-19)13-17-6-4-3-5-7-17/h3-9,12,16,19H,10-11,13-14H2,1-2H3,(H,22,24)/t16-,19+/m0/s1. The molecule has 5 nitrogen and oxygen atoms in total. The third kappa shape index (κ3) is 4.87. The molecule has 3 rings (SSSR count). The first-order valence-electron chi connectivity index (χ1n) is 8.73. The SMILES string of the molecule is Cc1ccc(C(=O)N[C@@H](C)[C@H]2CN(Cc3ccccc3)CCO2)cn1. The molecule has 1 fully saturated rings. The molecule has 1 amide bonds. The number of carbonyl (C=O) groups excluding carboxylic acids is 1. The number of amides is 1. The smallest absolute Gasteiger partial charge is 0.253 e. The van der Waals surface area contributed by atoms with Crippen molar-refractivity contribution in [1.29, 1.82) is 0 Å². The molecule has 1 N–H and O–H groups in total. The van der Waals surface area contributed by atoms with Crippen molar-refractivity contribution in [3.8, 4) is 0 Å². The Bertz CT molecular complexity index is 688. The van der Waals surface area contributed by atoms with Gasteiger partial charge in [0.1, 0.15) is 0 Å². The van der Waals surface area contributed by atoms with Crippen molar-refractivity contribution >= 4 is 5.91 Å². The van der Waals surface area contributed by atoms with Crippen molar-refractivity contribution in [3.63, 3.8) is 0 Å². The topological polar surface area (TPSA) is 54.5 Å². The zero-order valence-corrected chi connectivity index (χ0v) is 14.8. The van der Waals surface area contributed by atoms with Gasteiger partial charge in [0, 0.05) is 31.5 Å². The van der Waals surface area contributed by atoms with Gasteiger partial charge in [0.2, 0.25) is 0 Å². The number of morpholine rings is 1. The second-order valence-corrected chi connectivity index (χ2v) is 6.58. The van der Waals surface area contributed by atoms with Crippen molar-refractivity contribution in [2.45, 2.75) is 32.5 Å². The van der Waals surface area contributed by atoms with Crippen molar-refractivity contribution in [2.75, 3.05) is 19.7 Å². The molecule has 0 radical (unpaired) electrons. The Morgan fingerprint density at radius 3 is 2.84 bits per heavy atom. The fourth-order valence-electron chi connectivity index (χ4n) is 3.00. The maximum Gasteiger partial charge on any atom is 0.253 e. The molecule has 5 heteroatoms. The van der Waals surface area contributed by atoms with E-state index < -0.39 is 0 Å². The highest BCUT2D eigenvalue weighted by molar-refractivity contribution is 5.94. The summed E-state index contributed by atoms with van der Waals surface area (Å²) in [6.45, 7) is 7.21. The Kier molecular flexibility index (Phi) is 5.79. The molecule has 1 aliphatic heterocycles. The summed E-state index contributed by atoms with van der Waals surface area (Å²) >= 11 is 0. The number of pyridine rings is 1. The van der Waals surface area contributed by atoms with Gasteiger partial charge in [0.15, 0.2) is 0 Å². The lowest BCUT2D eigenvalue weighted by Crippen LogP contribution is -2.52. The molecule has 0 saturated carbocycles. The summed E-state index contributed by atoms with van der Waals surface area (Å²) in [7, 11) is 0. The summed E-state index contributed by atoms with van der Waals surface area (Å²) in [5, 5.41) is 3.04. The number of ether oxygens (including phenoxy) is 1. The number of benzene rings is 1. The predicted octanol–water partition coefficient (Wildman–Crippen LogP) is 2.41. The number of hydrogen-bond acceptors (Lipinski definition) is 4. The van der Waals surface area contributed by atoms with Crippen LogP contribution in [0.15, 0.2) is 48.7 Å². The van der Waals surface area contributed by atoms with Gasteiger partial charge >= 0.3 is 0 Å². The Morgan fingerprint density at radius 1 is 1.32 bits per heavy atom. The van der Waals surface area contributed by atoms with Crippen LogP contribution in [-0.4, -0.2) is 47.6 Å². The van der Waals surface area contributed by atoms with E-state index in [9.17, 15) is 4.79 Å². The highest BCUT2D eigenvalue weighted by Gasteiger charge is 2.26. The minimum Gasteiger partial charge on any atom is -0.373 e. The van der Waals surface area contributed by atoms with Crippen LogP contribution in [0.25, 0.3) is 0 Å². The van der Waals surface area contributed by atoms with Crippen molar-refractivity contribution < 1.29 is 9.53 Å². The quantitative estimate of drug-likeness (QED) is 0.909. The molecular weight excluding hydrogens is 314 g/mol. The average molecular weight is 339 g/mol. The van der Waals surface area contributed by atoms with E-state index in [1.807, 2.05) is 26.0 Å². The molecule has 1 aliphatic rings. The van der Waals surface area contributed by atoms with Gasteiger partial charge in [-0.15, -0.1) is 0 Å². The Morgan fingerprint density at radius 2 is 2.12 bits per heavy atom. The molecule has 1 saturated heterocycles. The fourth-order valence-corrected chi connectivity index (χ4v) is 3.00. The molecule has 1 aromatic carbocycles. The average Bonchev–Trinajstić information content (AvgIpc) is 2.63. The minimum absolute atomic E-state index is 0.0141. The highest BCUT2D eigenvalue weighted by atomic mass is 16.5. The molecule has 0 unspecified atom stereocenters. The summed E-state index contributed by atoms with van der Waals surface area (Å²) < 4.78 is 5.89. The zero-order valence-electron chi connectivity index (χ0n) is 14.8. The van der Waals surface area contributed by atoms with Crippen LogP contribution in [0.3, 0.4) is 0 Å². The highest BCUT2D eigenvalue weighted by Crippen LogP contribution is 2.13. The number of aryl methyl sites for hydroxylation is 1. The van der Waals surface area contributed by atoms with E-state index in [0.29, 0.717) is 12.2 Å². The Balaban J connectivity index is 1.55. The summed E-state index contributed by atoms with van der Waals surface area (Å²) in [4.78, 5) is 18.9.